The fourth-order valence-electron chi connectivity index (χ4n) is 3.28. The molecule has 1 aliphatic rings. The average molecular weight is 683 g/mol. The van der Waals surface area contributed by atoms with Crippen molar-refractivity contribution in [2.75, 3.05) is 6.61 Å². The zero-order valence-electron chi connectivity index (χ0n) is 18.4. The van der Waals surface area contributed by atoms with Crippen LogP contribution < -0.4 is 9.47 Å². The van der Waals surface area contributed by atoms with E-state index in [9.17, 15) is 9.18 Å². The number of esters is 1. The molecule has 34 heavy (non-hydrogen) atoms. The van der Waals surface area contributed by atoms with E-state index in [1.807, 2.05) is 38.1 Å². The summed E-state index contributed by atoms with van der Waals surface area (Å²) in [6.07, 6.45) is 1.67. The molecule has 0 spiro atoms. The first-order chi connectivity index (χ1) is 16.3. The second-order valence-electron chi connectivity index (χ2n) is 7.48. The molecule has 0 radical (unpaired) electrons. The molecule has 3 aromatic carbocycles. The molecule has 0 amide bonds. The van der Waals surface area contributed by atoms with Gasteiger partial charge in [-0.3, -0.25) is 0 Å². The lowest BCUT2D eigenvalue weighted by Crippen LogP contribution is -2.06. The molecule has 0 aromatic heterocycles. The molecule has 0 bridgehead atoms. The van der Waals surface area contributed by atoms with Crippen LogP contribution in [0.15, 0.2) is 65.3 Å². The molecular formula is C26H20FI2NO4. The minimum atomic E-state index is -0.504. The van der Waals surface area contributed by atoms with Crippen molar-refractivity contribution < 1.29 is 23.4 Å². The van der Waals surface area contributed by atoms with Crippen LogP contribution in [0.1, 0.15) is 29.2 Å². The monoisotopic (exact) mass is 683 g/mol. The van der Waals surface area contributed by atoms with Gasteiger partial charge in [0.15, 0.2) is 17.2 Å². The molecular weight excluding hydrogens is 663 g/mol. The molecule has 0 N–H and O–H groups in total. The Bertz CT molecular complexity index is 1300. The Morgan fingerprint density at radius 2 is 1.79 bits per heavy atom. The Kier molecular flexibility index (Phi) is 7.87. The third kappa shape index (κ3) is 5.77. The number of hydrogen-bond acceptors (Lipinski definition) is 5. The molecule has 3 aromatic rings. The molecule has 174 valence electrons. The molecule has 0 atom stereocenters. The van der Waals surface area contributed by atoms with Crippen molar-refractivity contribution in [3.8, 4) is 11.5 Å². The van der Waals surface area contributed by atoms with Crippen LogP contribution in [0.3, 0.4) is 0 Å². The highest BCUT2D eigenvalue weighted by Gasteiger charge is 2.25. The van der Waals surface area contributed by atoms with Crippen LogP contribution >= 0.6 is 45.2 Å². The molecule has 1 heterocycles. The summed E-state index contributed by atoms with van der Waals surface area (Å²) in [5.74, 6) is 0.623. The van der Waals surface area contributed by atoms with Gasteiger partial charge in [-0.25, -0.2) is 14.2 Å². The van der Waals surface area contributed by atoms with Crippen LogP contribution in [0.4, 0.5) is 4.39 Å². The Labute approximate surface area is 224 Å². The number of benzene rings is 3. The van der Waals surface area contributed by atoms with Gasteiger partial charge in [0.2, 0.25) is 5.90 Å². The zero-order valence-corrected chi connectivity index (χ0v) is 22.7. The van der Waals surface area contributed by atoms with Crippen LogP contribution in [0.2, 0.25) is 0 Å². The molecule has 5 nitrogen and oxygen atoms in total. The van der Waals surface area contributed by atoms with Gasteiger partial charge in [-0.15, -0.1) is 0 Å². The van der Waals surface area contributed by atoms with Crippen LogP contribution in [0.25, 0.3) is 6.08 Å². The summed E-state index contributed by atoms with van der Waals surface area (Å²) in [5, 5.41) is 0. The highest BCUT2D eigenvalue weighted by Crippen LogP contribution is 2.36. The van der Waals surface area contributed by atoms with Crippen molar-refractivity contribution in [2.45, 2.75) is 20.5 Å². The van der Waals surface area contributed by atoms with Crippen LogP contribution in [-0.2, 0) is 16.1 Å². The van der Waals surface area contributed by atoms with Gasteiger partial charge in [0.05, 0.1) is 10.2 Å². The van der Waals surface area contributed by atoms with Crippen molar-refractivity contribution in [1.82, 2.24) is 0 Å². The Balaban J connectivity index is 1.61. The molecule has 0 fully saturated rings. The maximum absolute atomic E-state index is 13.2. The van der Waals surface area contributed by atoms with Gasteiger partial charge in [0.25, 0.3) is 0 Å². The average Bonchev–Trinajstić information content (AvgIpc) is 3.16. The van der Waals surface area contributed by atoms with E-state index in [-0.39, 0.29) is 24.0 Å². The lowest BCUT2D eigenvalue weighted by molar-refractivity contribution is -0.129. The SMILES string of the molecule is CCOc1cc(/C=C2\N=C(c3ccc(I)c(C)c3)OC2=O)cc(I)c1OCc1ccc(F)cc1. The number of cyclic esters (lactones) is 1. The Morgan fingerprint density at radius 3 is 2.50 bits per heavy atom. The number of carbonyl (C=O) groups is 1. The Morgan fingerprint density at radius 1 is 1.03 bits per heavy atom. The number of halogens is 3. The van der Waals surface area contributed by atoms with E-state index in [1.165, 1.54) is 12.1 Å². The van der Waals surface area contributed by atoms with Crippen molar-refractivity contribution in [2.24, 2.45) is 4.99 Å². The van der Waals surface area contributed by atoms with Gasteiger partial charge < -0.3 is 14.2 Å². The quantitative estimate of drug-likeness (QED) is 0.159. The molecule has 0 aliphatic carbocycles. The molecule has 1 aliphatic heterocycles. The lowest BCUT2D eigenvalue weighted by Gasteiger charge is -2.15. The summed E-state index contributed by atoms with van der Waals surface area (Å²) < 4.78 is 32.3. The summed E-state index contributed by atoms with van der Waals surface area (Å²) >= 11 is 4.42. The number of nitrogens with zero attached hydrogens (tertiary/aromatic N) is 1. The first-order valence-corrected chi connectivity index (χ1v) is 12.6. The summed E-state index contributed by atoms with van der Waals surface area (Å²) in [6.45, 7) is 4.59. The molecule has 0 saturated heterocycles. The normalized spacial score (nSPS) is 14.2. The van der Waals surface area contributed by atoms with E-state index in [1.54, 1.807) is 24.3 Å². The van der Waals surface area contributed by atoms with E-state index >= 15 is 0 Å². The zero-order chi connectivity index (χ0) is 24.2. The number of rotatable bonds is 7. The summed E-state index contributed by atoms with van der Waals surface area (Å²) in [7, 11) is 0. The number of carbonyl (C=O) groups excluding carboxylic acids is 1. The predicted octanol–water partition coefficient (Wildman–Crippen LogP) is 6.67. The van der Waals surface area contributed by atoms with E-state index in [0.29, 0.717) is 18.1 Å². The molecule has 0 unspecified atom stereocenters. The third-order valence-electron chi connectivity index (χ3n) is 4.96. The number of ether oxygens (including phenoxy) is 3. The summed E-state index contributed by atoms with van der Waals surface area (Å²) in [4.78, 5) is 16.9. The smallest absolute Gasteiger partial charge is 0.363 e. The Hall–Kier alpha value is -2.47. The van der Waals surface area contributed by atoms with E-state index in [4.69, 9.17) is 14.2 Å². The van der Waals surface area contributed by atoms with Crippen LogP contribution in [-0.4, -0.2) is 18.5 Å². The van der Waals surface area contributed by atoms with Crippen LogP contribution in [0, 0.1) is 19.9 Å². The van der Waals surface area contributed by atoms with Gasteiger partial charge in [-0.2, -0.15) is 0 Å². The molecule has 4 rings (SSSR count). The second-order valence-corrected chi connectivity index (χ2v) is 9.80. The van der Waals surface area contributed by atoms with Crippen molar-refractivity contribution in [1.29, 1.82) is 0 Å². The van der Waals surface area contributed by atoms with Crippen molar-refractivity contribution >= 4 is 63.1 Å². The lowest BCUT2D eigenvalue weighted by atomic mass is 10.1. The van der Waals surface area contributed by atoms with Gasteiger partial charge in [-0.1, -0.05) is 12.1 Å². The van der Waals surface area contributed by atoms with Crippen molar-refractivity contribution in [3.63, 3.8) is 0 Å². The van der Waals surface area contributed by atoms with E-state index < -0.39 is 5.97 Å². The minimum Gasteiger partial charge on any atom is -0.490 e. The topological polar surface area (TPSA) is 57.1 Å². The van der Waals surface area contributed by atoms with Gasteiger partial charge in [0, 0.05) is 9.13 Å². The number of aryl methyl sites for hydroxylation is 1. The van der Waals surface area contributed by atoms with E-state index in [0.717, 1.165) is 29.4 Å². The standard InChI is InChI=1S/C26H20FI2NO4/c1-3-32-23-13-17(11-21(29)24(23)33-14-16-4-7-19(27)8-5-16)12-22-26(31)34-25(30-22)18-6-9-20(28)15(2)10-18/h4-13H,3,14H2,1-2H3/b22-12-. The minimum absolute atomic E-state index is 0.212. The summed E-state index contributed by atoms with van der Waals surface area (Å²) in [5.41, 5.74) is 3.62. The predicted molar refractivity (Wildman–Crippen MR) is 146 cm³/mol. The largest absolute Gasteiger partial charge is 0.490 e. The highest BCUT2D eigenvalue weighted by atomic mass is 127. The van der Waals surface area contributed by atoms with Crippen molar-refractivity contribution in [3.05, 3.63) is 95.5 Å². The maximum atomic E-state index is 13.2. The number of hydrogen-bond donors (Lipinski definition) is 0. The van der Waals surface area contributed by atoms with Gasteiger partial charge >= 0.3 is 5.97 Å². The fourth-order valence-corrected chi connectivity index (χ4v) is 4.40. The van der Waals surface area contributed by atoms with Gasteiger partial charge in [0.1, 0.15) is 12.4 Å². The molecule has 8 heteroatoms. The van der Waals surface area contributed by atoms with E-state index in [2.05, 4.69) is 50.2 Å². The fraction of sp³-hybridized carbons (Fsp3) is 0.154. The first kappa shape index (κ1) is 24.6. The van der Waals surface area contributed by atoms with Gasteiger partial charge in [-0.05, 0) is 124 Å². The number of aliphatic imine (C=N–C) groups is 1. The maximum Gasteiger partial charge on any atom is 0.363 e. The van der Waals surface area contributed by atoms with Crippen LogP contribution in [0.5, 0.6) is 11.5 Å². The third-order valence-corrected chi connectivity index (χ3v) is 6.97. The first-order valence-electron chi connectivity index (χ1n) is 10.5. The highest BCUT2D eigenvalue weighted by molar-refractivity contribution is 14.1. The second kappa shape index (κ2) is 10.9. The summed E-state index contributed by atoms with van der Waals surface area (Å²) in [6, 6.07) is 15.6. The molecule has 0 saturated carbocycles.